The molecule has 1 fully saturated rings. The van der Waals surface area contributed by atoms with Crippen molar-refractivity contribution in [2.45, 2.75) is 51.2 Å². The average Bonchev–Trinajstić information content (AvgIpc) is 2.72. The van der Waals surface area contributed by atoms with E-state index >= 15 is 0 Å². The Balaban J connectivity index is 1.60. The minimum atomic E-state index is 0.527. The van der Waals surface area contributed by atoms with Crippen LogP contribution in [0, 0.1) is 0 Å². The predicted molar refractivity (Wildman–Crippen MR) is 88.4 cm³/mol. The lowest BCUT2D eigenvalue weighted by Crippen LogP contribution is -2.44. The number of piperidine rings is 1. The van der Waals surface area contributed by atoms with Gasteiger partial charge in [-0.2, -0.15) is 0 Å². The topological polar surface area (TPSA) is 27.3 Å². The summed E-state index contributed by atoms with van der Waals surface area (Å²) in [5, 5.41) is 7.50. The first-order chi connectivity index (χ1) is 10.4. The molecule has 2 aliphatic rings. The molecule has 21 heavy (non-hydrogen) atoms. The first kappa shape index (κ1) is 15.0. The summed E-state index contributed by atoms with van der Waals surface area (Å²) in [5.41, 5.74) is 2.98. The monoisotopic (exact) mass is 287 g/mol. The maximum absolute atomic E-state index is 3.95. The SMILES string of the molecule is CCCN1CCC(NC2CCNCc3ccccc32)CC1. The highest BCUT2D eigenvalue weighted by atomic mass is 15.1. The molecular formula is C18H29N3. The van der Waals surface area contributed by atoms with Crippen LogP contribution in [0.3, 0.4) is 0 Å². The molecule has 116 valence electrons. The Labute approximate surface area is 129 Å². The van der Waals surface area contributed by atoms with Crippen LogP contribution in [0.25, 0.3) is 0 Å². The molecule has 1 saturated heterocycles. The fourth-order valence-corrected chi connectivity index (χ4v) is 3.76. The highest BCUT2D eigenvalue weighted by Gasteiger charge is 2.24. The zero-order valence-corrected chi connectivity index (χ0v) is 13.3. The number of benzene rings is 1. The van der Waals surface area contributed by atoms with Gasteiger partial charge in [0.25, 0.3) is 0 Å². The van der Waals surface area contributed by atoms with Gasteiger partial charge in [-0.15, -0.1) is 0 Å². The summed E-state index contributed by atoms with van der Waals surface area (Å²) < 4.78 is 0. The van der Waals surface area contributed by atoms with Gasteiger partial charge in [-0.3, -0.25) is 0 Å². The molecule has 3 nitrogen and oxygen atoms in total. The number of hydrogen-bond acceptors (Lipinski definition) is 3. The fourth-order valence-electron chi connectivity index (χ4n) is 3.76. The third kappa shape index (κ3) is 3.85. The summed E-state index contributed by atoms with van der Waals surface area (Å²) in [6.45, 7) is 8.20. The van der Waals surface area contributed by atoms with Crippen LogP contribution in [0.5, 0.6) is 0 Å². The third-order valence-electron chi connectivity index (χ3n) is 4.92. The van der Waals surface area contributed by atoms with Crippen molar-refractivity contribution in [2.24, 2.45) is 0 Å². The van der Waals surface area contributed by atoms with Gasteiger partial charge in [-0.1, -0.05) is 31.2 Å². The number of nitrogens with zero attached hydrogens (tertiary/aromatic N) is 1. The molecule has 3 heteroatoms. The minimum Gasteiger partial charge on any atom is -0.313 e. The molecular weight excluding hydrogens is 258 g/mol. The van der Waals surface area contributed by atoms with E-state index in [1.807, 2.05) is 0 Å². The molecule has 0 aliphatic carbocycles. The van der Waals surface area contributed by atoms with Crippen LogP contribution in [0.15, 0.2) is 24.3 Å². The van der Waals surface area contributed by atoms with Crippen molar-refractivity contribution < 1.29 is 0 Å². The van der Waals surface area contributed by atoms with Crippen molar-refractivity contribution in [3.8, 4) is 0 Å². The molecule has 0 saturated carbocycles. The number of hydrogen-bond donors (Lipinski definition) is 2. The summed E-state index contributed by atoms with van der Waals surface area (Å²) in [7, 11) is 0. The van der Waals surface area contributed by atoms with Gasteiger partial charge < -0.3 is 15.5 Å². The van der Waals surface area contributed by atoms with Crippen LogP contribution in [-0.2, 0) is 6.54 Å². The molecule has 2 aliphatic heterocycles. The van der Waals surface area contributed by atoms with E-state index < -0.39 is 0 Å². The molecule has 0 aromatic heterocycles. The summed E-state index contributed by atoms with van der Waals surface area (Å²) in [5.74, 6) is 0. The van der Waals surface area contributed by atoms with Crippen molar-refractivity contribution in [3.63, 3.8) is 0 Å². The molecule has 3 rings (SSSR count). The zero-order valence-electron chi connectivity index (χ0n) is 13.3. The first-order valence-corrected chi connectivity index (χ1v) is 8.63. The Bertz CT molecular complexity index is 438. The van der Waals surface area contributed by atoms with Gasteiger partial charge in [0.05, 0.1) is 0 Å². The van der Waals surface area contributed by atoms with Crippen LogP contribution in [0.2, 0.25) is 0 Å². The van der Waals surface area contributed by atoms with Gasteiger partial charge >= 0.3 is 0 Å². The Morgan fingerprint density at radius 2 is 2.00 bits per heavy atom. The molecule has 0 bridgehead atoms. The van der Waals surface area contributed by atoms with Gasteiger partial charge in [0.1, 0.15) is 0 Å². The molecule has 1 atom stereocenters. The van der Waals surface area contributed by atoms with Crippen LogP contribution in [-0.4, -0.2) is 37.1 Å². The lowest BCUT2D eigenvalue weighted by Gasteiger charge is -2.34. The first-order valence-electron chi connectivity index (χ1n) is 8.63. The third-order valence-corrected chi connectivity index (χ3v) is 4.92. The number of fused-ring (bicyclic) bond motifs is 1. The predicted octanol–water partition coefficient (Wildman–Crippen LogP) is 2.69. The molecule has 2 N–H and O–H groups in total. The van der Waals surface area contributed by atoms with Gasteiger partial charge in [-0.25, -0.2) is 0 Å². The highest BCUT2D eigenvalue weighted by molar-refractivity contribution is 5.31. The highest BCUT2D eigenvalue weighted by Crippen LogP contribution is 2.25. The van der Waals surface area contributed by atoms with Crippen LogP contribution < -0.4 is 10.6 Å². The van der Waals surface area contributed by atoms with Crippen molar-refractivity contribution in [1.29, 1.82) is 0 Å². The summed E-state index contributed by atoms with van der Waals surface area (Å²) in [6, 6.07) is 10.1. The van der Waals surface area contributed by atoms with E-state index in [2.05, 4.69) is 46.7 Å². The van der Waals surface area contributed by atoms with Crippen LogP contribution in [0.4, 0.5) is 0 Å². The molecule has 1 aromatic carbocycles. The second-order valence-electron chi connectivity index (χ2n) is 6.50. The largest absolute Gasteiger partial charge is 0.313 e. The summed E-state index contributed by atoms with van der Waals surface area (Å²) >= 11 is 0. The van der Waals surface area contributed by atoms with Crippen molar-refractivity contribution in [2.75, 3.05) is 26.2 Å². The number of rotatable bonds is 4. The Kier molecular flexibility index (Phi) is 5.28. The maximum atomic E-state index is 3.95. The average molecular weight is 287 g/mol. The Morgan fingerprint density at radius 1 is 1.19 bits per heavy atom. The molecule has 1 aromatic rings. The van der Waals surface area contributed by atoms with Gasteiger partial charge in [0.15, 0.2) is 0 Å². The standard InChI is InChI=1S/C18H29N3/c1-2-11-21-12-8-16(9-13-21)20-18-7-10-19-14-15-5-3-4-6-17(15)18/h3-6,16,18-20H,2,7-14H2,1H3. The van der Waals surface area contributed by atoms with Crippen LogP contribution >= 0.6 is 0 Å². The van der Waals surface area contributed by atoms with Crippen molar-refractivity contribution in [1.82, 2.24) is 15.5 Å². The van der Waals surface area contributed by atoms with E-state index in [9.17, 15) is 0 Å². The smallest absolute Gasteiger partial charge is 0.0337 e. The normalized spacial score (nSPS) is 24.5. The number of nitrogens with one attached hydrogen (secondary N) is 2. The number of likely N-dealkylation sites (tertiary alicyclic amines) is 1. The van der Waals surface area contributed by atoms with Gasteiger partial charge in [0, 0.05) is 18.6 Å². The van der Waals surface area contributed by atoms with E-state index in [0.29, 0.717) is 12.1 Å². The quantitative estimate of drug-likeness (QED) is 0.891. The van der Waals surface area contributed by atoms with Gasteiger partial charge in [-0.05, 0) is 63.0 Å². The van der Waals surface area contributed by atoms with E-state index in [1.54, 1.807) is 0 Å². The van der Waals surface area contributed by atoms with Crippen LogP contribution in [0.1, 0.15) is 49.8 Å². The van der Waals surface area contributed by atoms with Crippen molar-refractivity contribution >= 4 is 0 Å². The second kappa shape index (κ2) is 7.39. The van der Waals surface area contributed by atoms with E-state index in [-0.39, 0.29) is 0 Å². The minimum absolute atomic E-state index is 0.527. The van der Waals surface area contributed by atoms with E-state index in [4.69, 9.17) is 0 Å². The molecule has 2 heterocycles. The van der Waals surface area contributed by atoms with Crippen molar-refractivity contribution in [3.05, 3.63) is 35.4 Å². The lowest BCUT2D eigenvalue weighted by molar-refractivity contribution is 0.190. The zero-order chi connectivity index (χ0) is 14.5. The molecule has 0 spiro atoms. The lowest BCUT2D eigenvalue weighted by atomic mass is 9.96. The van der Waals surface area contributed by atoms with E-state index in [0.717, 1.165) is 13.1 Å². The molecule has 0 amide bonds. The molecule has 1 unspecified atom stereocenters. The van der Waals surface area contributed by atoms with E-state index in [1.165, 1.54) is 56.4 Å². The fraction of sp³-hybridized carbons (Fsp3) is 0.667. The maximum Gasteiger partial charge on any atom is 0.0337 e. The summed E-state index contributed by atoms with van der Waals surface area (Å²) in [6.07, 6.45) is 5.07. The Hall–Kier alpha value is -0.900. The Morgan fingerprint density at radius 3 is 2.81 bits per heavy atom. The summed E-state index contributed by atoms with van der Waals surface area (Å²) in [4.78, 5) is 2.61. The second-order valence-corrected chi connectivity index (χ2v) is 6.50. The molecule has 0 radical (unpaired) electrons. The van der Waals surface area contributed by atoms with Gasteiger partial charge in [0.2, 0.25) is 0 Å².